The SMILES string of the molecule is CCOC(=O)c1cnc(-c2cccc(C(F)(F)F)c2)nc1NCCc1ccccn1. The van der Waals surface area contributed by atoms with Crippen LogP contribution >= 0.6 is 0 Å². The van der Waals surface area contributed by atoms with Crippen molar-refractivity contribution >= 4 is 11.8 Å². The number of pyridine rings is 1. The van der Waals surface area contributed by atoms with Gasteiger partial charge < -0.3 is 10.1 Å². The van der Waals surface area contributed by atoms with E-state index in [9.17, 15) is 18.0 Å². The van der Waals surface area contributed by atoms with Crippen LogP contribution in [0.1, 0.15) is 28.5 Å². The van der Waals surface area contributed by atoms with Crippen LogP contribution in [0.3, 0.4) is 0 Å². The van der Waals surface area contributed by atoms with Crippen molar-refractivity contribution in [2.24, 2.45) is 0 Å². The second kappa shape index (κ2) is 9.34. The maximum atomic E-state index is 13.0. The standard InChI is InChI=1S/C21H19F3N4O2/c1-2-30-20(29)17-13-27-18(14-6-5-7-15(12-14)21(22,23)24)28-19(17)26-11-9-16-8-3-4-10-25-16/h3-8,10,12-13H,2,9,11H2,1H3,(H,26,27,28). The van der Waals surface area contributed by atoms with E-state index in [1.54, 1.807) is 13.1 Å². The highest BCUT2D eigenvalue weighted by Gasteiger charge is 2.30. The summed E-state index contributed by atoms with van der Waals surface area (Å²) in [4.78, 5) is 24.8. The molecule has 0 saturated carbocycles. The summed E-state index contributed by atoms with van der Waals surface area (Å²) < 4.78 is 44.1. The van der Waals surface area contributed by atoms with Crippen LogP contribution in [0.5, 0.6) is 0 Å². The molecule has 0 aliphatic carbocycles. The maximum Gasteiger partial charge on any atom is 0.416 e. The van der Waals surface area contributed by atoms with Crippen LogP contribution < -0.4 is 5.32 Å². The second-order valence-corrected chi connectivity index (χ2v) is 6.25. The lowest BCUT2D eigenvalue weighted by atomic mass is 10.1. The number of aromatic nitrogens is 3. The number of halogens is 3. The Hall–Kier alpha value is -3.49. The van der Waals surface area contributed by atoms with Crippen LogP contribution in [0.15, 0.2) is 54.9 Å². The number of carbonyl (C=O) groups is 1. The third-order valence-electron chi connectivity index (χ3n) is 4.13. The molecule has 6 nitrogen and oxygen atoms in total. The zero-order valence-corrected chi connectivity index (χ0v) is 16.1. The van der Waals surface area contributed by atoms with Gasteiger partial charge in [-0.1, -0.05) is 18.2 Å². The van der Waals surface area contributed by atoms with Crippen LogP contribution in [0.2, 0.25) is 0 Å². The molecule has 3 rings (SSSR count). The molecule has 3 aromatic rings. The van der Waals surface area contributed by atoms with E-state index in [4.69, 9.17) is 4.74 Å². The van der Waals surface area contributed by atoms with Crippen molar-refractivity contribution in [3.05, 3.63) is 71.7 Å². The molecule has 156 valence electrons. The van der Waals surface area contributed by atoms with Crippen LogP contribution in [0, 0.1) is 0 Å². The van der Waals surface area contributed by atoms with Gasteiger partial charge in [0.15, 0.2) is 5.82 Å². The summed E-state index contributed by atoms with van der Waals surface area (Å²) in [5.41, 5.74) is 0.333. The fourth-order valence-corrected chi connectivity index (χ4v) is 2.70. The minimum absolute atomic E-state index is 0.0643. The third-order valence-corrected chi connectivity index (χ3v) is 4.13. The minimum Gasteiger partial charge on any atom is -0.462 e. The number of carbonyl (C=O) groups excluding carboxylic acids is 1. The van der Waals surface area contributed by atoms with Gasteiger partial charge in [0.05, 0.1) is 12.2 Å². The Morgan fingerprint density at radius 1 is 1.13 bits per heavy atom. The Balaban J connectivity index is 1.89. The Morgan fingerprint density at radius 2 is 1.97 bits per heavy atom. The number of esters is 1. The highest BCUT2D eigenvalue weighted by Crippen LogP contribution is 2.31. The van der Waals surface area contributed by atoms with Crippen LogP contribution in [-0.2, 0) is 17.3 Å². The fraction of sp³-hybridized carbons (Fsp3) is 0.238. The van der Waals surface area contributed by atoms with Gasteiger partial charge in [-0.05, 0) is 31.2 Å². The monoisotopic (exact) mass is 416 g/mol. The lowest BCUT2D eigenvalue weighted by Crippen LogP contribution is -2.15. The molecule has 1 N–H and O–H groups in total. The zero-order valence-electron chi connectivity index (χ0n) is 16.1. The largest absolute Gasteiger partial charge is 0.462 e. The maximum absolute atomic E-state index is 13.0. The summed E-state index contributed by atoms with van der Waals surface area (Å²) in [5, 5.41) is 3.04. The molecule has 30 heavy (non-hydrogen) atoms. The molecular formula is C21H19F3N4O2. The number of nitrogens with zero attached hydrogens (tertiary/aromatic N) is 3. The van der Waals surface area contributed by atoms with Crippen molar-refractivity contribution in [3.8, 4) is 11.4 Å². The summed E-state index contributed by atoms with van der Waals surface area (Å²) in [6.45, 7) is 2.24. The number of hydrogen-bond donors (Lipinski definition) is 1. The molecule has 0 bridgehead atoms. The number of anilines is 1. The van der Waals surface area contributed by atoms with E-state index >= 15 is 0 Å². The predicted molar refractivity (Wildman–Crippen MR) is 105 cm³/mol. The molecule has 2 heterocycles. The molecular weight excluding hydrogens is 397 g/mol. The Morgan fingerprint density at radius 3 is 2.67 bits per heavy atom. The van der Waals surface area contributed by atoms with E-state index in [0.29, 0.717) is 13.0 Å². The second-order valence-electron chi connectivity index (χ2n) is 6.25. The Bertz CT molecular complexity index is 1010. The average Bonchev–Trinajstić information content (AvgIpc) is 2.74. The summed E-state index contributed by atoms with van der Waals surface area (Å²) in [6, 6.07) is 10.2. The van der Waals surface area contributed by atoms with Gasteiger partial charge >= 0.3 is 12.1 Å². The molecule has 0 fully saturated rings. The molecule has 1 aromatic carbocycles. The van der Waals surface area contributed by atoms with Crippen molar-refractivity contribution in [1.29, 1.82) is 0 Å². The molecule has 9 heteroatoms. The van der Waals surface area contributed by atoms with Gasteiger partial charge in [0.1, 0.15) is 11.4 Å². The van der Waals surface area contributed by atoms with Crippen LogP contribution in [-0.4, -0.2) is 34.1 Å². The van der Waals surface area contributed by atoms with Crippen molar-refractivity contribution in [3.63, 3.8) is 0 Å². The summed E-state index contributed by atoms with van der Waals surface area (Å²) >= 11 is 0. The van der Waals surface area contributed by atoms with E-state index in [1.807, 2.05) is 18.2 Å². The fourth-order valence-electron chi connectivity index (χ4n) is 2.70. The van der Waals surface area contributed by atoms with Crippen LogP contribution in [0.4, 0.5) is 19.0 Å². The van der Waals surface area contributed by atoms with Crippen molar-refractivity contribution in [2.75, 3.05) is 18.5 Å². The number of benzene rings is 1. The van der Waals surface area contributed by atoms with Crippen LogP contribution in [0.25, 0.3) is 11.4 Å². The zero-order chi connectivity index (χ0) is 21.6. The Labute approximate surface area is 171 Å². The first kappa shape index (κ1) is 21.2. The number of rotatable bonds is 7. The lowest BCUT2D eigenvalue weighted by molar-refractivity contribution is -0.137. The molecule has 0 spiro atoms. The normalized spacial score (nSPS) is 11.2. The molecule has 0 saturated heterocycles. The third kappa shape index (κ3) is 5.31. The van der Waals surface area contributed by atoms with Gasteiger partial charge in [-0.3, -0.25) is 4.98 Å². The van der Waals surface area contributed by atoms with E-state index in [1.165, 1.54) is 18.3 Å². The minimum atomic E-state index is -4.48. The first-order valence-corrected chi connectivity index (χ1v) is 9.24. The number of ether oxygens (including phenoxy) is 1. The number of nitrogens with one attached hydrogen (secondary N) is 1. The molecule has 2 aromatic heterocycles. The Kier molecular flexibility index (Phi) is 6.61. The summed E-state index contributed by atoms with van der Waals surface area (Å²) in [6.07, 6.45) is -0.990. The van der Waals surface area contributed by atoms with Gasteiger partial charge in [-0.15, -0.1) is 0 Å². The van der Waals surface area contributed by atoms with Gasteiger partial charge in [-0.25, -0.2) is 14.8 Å². The molecule has 0 aliphatic rings. The smallest absolute Gasteiger partial charge is 0.416 e. The molecule has 0 aliphatic heterocycles. The van der Waals surface area contributed by atoms with Gasteiger partial charge in [-0.2, -0.15) is 13.2 Å². The molecule has 0 amide bonds. The first-order chi connectivity index (χ1) is 14.4. The summed E-state index contributed by atoms with van der Waals surface area (Å²) in [5.74, 6) is -0.366. The van der Waals surface area contributed by atoms with E-state index in [2.05, 4.69) is 20.3 Å². The van der Waals surface area contributed by atoms with Gasteiger partial charge in [0.2, 0.25) is 0 Å². The highest BCUT2D eigenvalue weighted by molar-refractivity contribution is 5.94. The highest BCUT2D eigenvalue weighted by atomic mass is 19.4. The topological polar surface area (TPSA) is 77.0 Å². The van der Waals surface area contributed by atoms with Crippen molar-refractivity contribution in [2.45, 2.75) is 19.5 Å². The molecule has 0 radical (unpaired) electrons. The molecule has 0 unspecified atom stereocenters. The number of hydrogen-bond acceptors (Lipinski definition) is 6. The van der Waals surface area contributed by atoms with Crippen molar-refractivity contribution < 1.29 is 22.7 Å². The van der Waals surface area contributed by atoms with Crippen molar-refractivity contribution in [1.82, 2.24) is 15.0 Å². The van der Waals surface area contributed by atoms with E-state index < -0.39 is 17.7 Å². The quantitative estimate of drug-likeness (QED) is 0.576. The lowest BCUT2D eigenvalue weighted by Gasteiger charge is -2.12. The summed E-state index contributed by atoms with van der Waals surface area (Å²) in [7, 11) is 0. The van der Waals surface area contributed by atoms with E-state index in [-0.39, 0.29) is 29.4 Å². The average molecular weight is 416 g/mol. The predicted octanol–water partition coefficient (Wildman–Crippen LogP) is 4.39. The first-order valence-electron chi connectivity index (χ1n) is 9.24. The van der Waals surface area contributed by atoms with Gasteiger partial charge in [0.25, 0.3) is 0 Å². The van der Waals surface area contributed by atoms with Gasteiger partial charge in [0, 0.05) is 36.6 Å². The molecule has 0 atom stereocenters. The number of alkyl halides is 3. The van der Waals surface area contributed by atoms with E-state index in [0.717, 1.165) is 17.8 Å².